The molecule has 6 rings (SSSR count). The largest absolute Gasteiger partial charge is 0.497 e. The Morgan fingerprint density at radius 3 is 2.14 bits per heavy atom. The van der Waals surface area contributed by atoms with Gasteiger partial charge in [0.2, 0.25) is 5.91 Å². The molecule has 2 aromatic rings. The number of benzene rings is 2. The minimum Gasteiger partial charge on any atom is -0.497 e. The maximum atomic E-state index is 13.2. The average Bonchev–Trinajstić information content (AvgIpc) is 2.86. The molecule has 1 atom stereocenters. The van der Waals surface area contributed by atoms with E-state index in [1.54, 1.807) is 14.2 Å². The molecule has 0 saturated heterocycles. The van der Waals surface area contributed by atoms with Crippen LogP contribution in [0.3, 0.4) is 0 Å². The van der Waals surface area contributed by atoms with Crippen molar-refractivity contribution in [1.29, 1.82) is 0 Å². The van der Waals surface area contributed by atoms with Gasteiger partial charge in [0.1, 0.15) is 11.5 Å². The molecular weight excluding hydrogens is 440 g/mol. The van der Waals surface area contributed by atoms with E-state index in [0.717, 1.165) is 48.1 Å². The first-order valence-corrected chi connectivity index (χ1v) is 12.8. The van der Waals surface area contributed by atoms with E-state index in [1.807, 2.05) is 49.4 Å². The molecule has 4 aliphatic rings. The van der Waals surface area contributed by atoms with Gasteiger partial charge in [-0.15, -0.1) is 0 Å². The van der Waals surface area contributed by atoms with Gasteiger partial charge in [0, 0.05) is 23.1 Å². The summed E-state index contributed by atoms with van der Waals surface area (Å²) in [5.41, 5.74) is 2.30. The van der Waals surface area contributed by atoms with Gasteiger partial charge in [0.15, 0.2) is 0 Å². The molecule has 0 spiro atoms. The fraction of sp³-hybridized carbons (Fsp3) is 0.517. The highest BCUT2D eigenvalue weighted by Gasteiger charge is 2.54. The molecule has 2 aromatic carbocycles. The van der Waals surface area contributed by atoms with Crippen molar-refractivity contribution < 1.29 is 19.1 Å². The van der Waals surface area contributed by atoms with E-state index < -0.39 is 0 Å². The number of hydrogen-bond acceptors (Lipinski definition) is 4. The fourth-order valence-corrected chi connectivity index (χ4v) is 7.07. The summed E-state index contributed by atoms with van der Waals surface area (Å²) < 4.78 is 10.8. The van der Waals surface area contributed by atoms with Gasteiger partial charge in [-0.3, -0.25) is 9.59 Å². The van der Waals surface area contributed by atoms with Gasteiger partial charge in [-0.05, 0) is 99.1 Å². The predicted molar refractivity (Wildman–Crippen MR) is 134 cm³/mol. The Morgan fingerprint density at radius 2 is 1.57 bits per heavy atom. The Balaban J connectivity index is 1.18. The molecule has 0 aromatic heterocycles. The number of carbonyl (C=O) groups excluding carboxylic acids is 2. The van der Waals surface area contributed by atoms with Crippen LogP contribution in [0, 0.1) is 23.2 Å². The second kappa shape index (κ2) is 9.56. The van der Waals surface area contributed by atoms with Crippen molar-refractivity contribution in [3.63, 3.8) is 0 Å². The summed E-state index contributed by atoms with van der Waals surface area (Å²) in [5.74, 6) is 3.74. The van der Waals surface area contributed by atoms with Crippen molar-refractivity contribution in [2.75, 3.05) is 14.2 Å². The van der Waals surface area contributed by atoms with Crippen molar-refractivity contribution in [3.8, 4) is 11.5 Å². The van der Waals surface area contributed by atoms with Crippen LogP contribution in [-0.4, -0.2) is 26.0 Å². The topological polar surface area (TPSA) is 76.7 Å². The van der Waals surface area contributed by atoms with Gasteiger partial charge in [0.05, 0.1) is 20.3 Å². The second-order valence-electron chi connectivity index (χ2n) is 10.9. The normalized spacial score (nSPS) is 27.2. The van der Waals surface area contributed by atoms with Crippen molar-refractivity contribution in [1.82, 2.24) is 10.6 Å². The highest BCUT2D eigenvalue weighted by molar-refractivity contribution is 5.94. The summed E-state index contributed by atoms with van der Waals surface area (Å²) in [6, 6.07) is 12.8. The van der Waals surface area contributed by atoms with E-state index in [0.29, 0.717) is 23.6 Å². The van der Waals surface area contributed by atoms with Crippen LogP contribution in [0.25, 0.3) is 0 Å². The third kappa shape index (κ3) is 4.75. The van der Waals surface area contributed by atoms with Gasteiger partial charge in [-0.1, -0.05) is 12.1 Å². The van der Waals surface area contributed by atoms with E-state index in [4.69, 9.17) is 9.47 Å². The lowest BCUT2D eigenvalue weighted by molar-refractivity contribution is -0.146. The Kier molecular flexibility index (Phi) is 6.47. The van der Waals surface area contributed by atoms with Crippen molar-refractivity contribution in [2.24, 2.45) is 23.2 Å². The Bertz CT molecular complexity index is 1060. The molecule has 35 heavy (non-hydrogen) atoms. The number of ether oxygens (including phenoxy) is 2. The van der Waals surface area contributed by atoms with Crippen molar-refractivity contribution in [2.45, 2.75) is 58.0 Å². The highest BCUT2D eigenvalue weighted by Crippen LogP contribution is 2.60. The molecule has 4 bridgehead atoms. The molecule has 2 amide bonds. The summed E-state index contributed by atoms with van der Waals surface area (Å²) in [6.45, 7) is 2.42. The predicted octanol–water partition coefficient (Wildman–Crippen LogP) is 5.03. The lowest BCUT2D eigenvalue weighted by Gasteiger charge is -2.55. The number of rotatable bonds is 8. The molecule has 0 radical (unpaired) electrons. The van der Waals surface area contributed by atoms with Gasteiger partial charge in [0.25, 0.3) is 5.91 Å². The van der Waals surface area contributed by atoms with Crippen molar-refractivity contribution >= 4 is 11.8 Å². The quantitative estimate of drug-likeness (QED) is 0.560. The van der Waals surface area contributed by atoms with Crippen molar-refractivity contribution in [3.05, 3.63) is 59.2 Å². The first-order valence-electron chi connectivity index (χ1n) is 12.8. The number of amides is 2. The number of hydrogen-bond donors (Lipinski definition) is 2. The van der Waals surface area contributed by atoms with Gasteiger partial charge in [-0.25, -0.2) is 0 Å². The third-order valence-electron chi connectivity index (χ3n) is 8.44. The molecule has 0 heterocycles. The van der Waals surface area contributed by atoms with Crippen LogP contribution in [0.2, 0.25) is 0 Å². The third-order valence-corrected chi connectivity index (χ3v) is 8.44. The maximum Gasteiger partial charge on any atom is 0.251 e. The number of nitrogens with one attached hydrogen (secondary N) is 2. The molecule has 6 heteroatoms. The first-order chi connectivity index (χ1) is 16.9. The van der Waals surface area contributed by atoms with Crippen LogP contribution in [0.4, 0.5) is 0 Å². The standard InChI is InChI=1S/C29H36N2O4/c1-18(25-13-24(34-2)8-9-26(25)35-3)31-27(32)23-6-4-19(5-7-23)17-30-28(33)29-14-20-10-21(15-29)12-22(11-20)16-29/h4-9,13,18,20-22H,10-12,14-17H2,1-3H3,(H,30,33)(H,31,32). The highest BCUT2D eigenvalue weighted by atomic mass is 16.5. The van der Waals surface area contributed by atoms with Crippen LogP contribution >= 0.6 is 0 Å². The van der Waals surface area contributed by atoms with Crippen LogP contribution in [0.1, 0.15) is 73.0 Å². The summed E-state index contributed by atoms with van der Waals surface area (Å²) in [6.07, 6.45) is 7.21. The molecule has 0 aliphatic heterocycles. The van der Waals surface area contributed by atoms with Gasteiger partial charge in [-0.2, -0.15) is 0 Å². The van der Waals surface area contributed by atoms with Gasteiger partial charge < -0.3 is 20.1 Å². The zero-order valence-electron chi connectivity index (χ0n) is 20.9. The Morgan fingerprint density at radius 1 is 0.943 bits per heavy atom. The molecule has 4 fully saturated rings. The summed E-state index contributed by atoms with van der Waals surface area (Å²) in [4.78, 5) is 26.1. The second-order valence-corrected chi connectivity index (χ2v) is 10.9. The Labute approximate surface area is 207 Å². The molecular formula is C29H36N2O4. The fourth-order valence-electron chi connectivity index (χ4n) is 7.07. The van der Waals surface area contributed by atoms with Crippen LogP contribution in [0.5, 0.6) is 11.5 Å². The molecule has 4 saturated carbocycles. The van der Waals surface area contributed by atoms with E-state index in [1.165, 1.54) is 19.3 Å². The molecule has 186 valence electrons. The first kappa shape index (κ1) is 23.7. The maximum absolute atomic E-state index is 13.2. The molecule has 4 aliphatic carbocycles. The van der Waals surface area contributed by atoms with Crippen LogP contribution in [0.15, 0.2) is 42.5 Å². The lowest BCUT2D eigenvalue weighted by Crippen LogP contribution is -2.53. The zero-order chi connectivity index (χ0) is 24.6. The molecule has 6 nitrogen and oxygen atoms in total. The summed E-state index contributed by atoms with van der Waals surface area (Å²) in [7, 11) is 3.22. The van der Waals surface area contributed by atoms with E-state index in [-0.39, 0.29) is 23.3 Å². The average molecular weight is 477 g/mol. The number of methoxy groups -OCH3 is 2. The monoisotopic (exact) mass is 476 g/mol. The zero-order valence-corrected chi connectivity index (χ0v) is 20.9. The van der Waals surface area contributed by atoms with E-state index in [9.17, 15) is 9.59 Å². The minimum absolute atomic E-state index is 0.133. The minimum atomic E-state index is -0.258. The molecule has 1 unspecified atom stereocenters. The Hall–Kier alpha value is -3.02. The van der Waals surface area contributed by atoms with E-state index >= 15 is 0 Å². The summed E-state index contributed by atoms with van der Waals surface area (Å²) >= 11 is 0. The number of carbonyl (C=O) groups is 2. The van der Waals surface area contributed by atoms with Crippen LogP contribution < -0.4 is 20.1 Å². The molecule has 2 N–H and O–H groups in total. The van der Waals surface area contributed by atoms with Gasteiger partial charge >= 0.3 is 0 Å². The summed E-state index contributed by atoms with van der Waals surface area (Å²) in [5, 5.41) is 6.25. The van der Waals surface area contributed by atoms with E-state index in [2.05, 4.69) is 10.6 Å². The smallest absolute Gasteiger partial charge is 0.251 e. The SMILES string of the molecule is COc1ccc(OC)c(C(C)NC(=O)c2ccc(CNC(=O)C34CC5CC(CC(C5)C3)C4)cc2)c1. The lowest BCUT2D eigenvalue weighted by atomic mass is 9.49. The van der Waals surface area contributed by atoms with Crippen LogP contribution in [-0.2, 0) is 11.3 Å².